The Morgan fingerprint density at radius 1 is 0.675 bits per heavy atom. The van der Waals surface area contributed by atoms with E-state index >= 15 is 0 Å². The van der Waals surface area contributed by atoms with Crippen molar-refractivity contribution < 1.29 is 58.8 Å². The number of aliphatic hydroxyl groups is 4. The van der Waals surface area contributed by atoms with E-state index in [0.717, 1.165) is 34.3 Å². The number of aromatic nitrogens is 4. The third-order valence-corrected chi connectivity index (χ3v) is 12.1. The van der Waals surface area contributed by atoms with Crippen molar-refractivity contribution in [3.63, 3.8) is 0 Å². The molecule has 0 unspecified atom stereocenters. The molecule has 8 N–H and O–H groups in total. The van der Waals surface area contributed by atoms with Crippen molar-refractivity contribution >= 4 is 46.5 Å². The van der Waals surface area contributed by atoms with Crippen LogP contribution in [-0.2, 0) is 9.53 Å². The van der Waals surface area contributed by atoms with E-state index in [-0.39, 0.29) is 53.5 Å². The lowest BCUT2D eigenvalue weighted by molar-refractivity contribution is -0.387. The number of rotatable bonds is 14. The molecule has 0 aliphatic rings. The number of aryl methyl sites for hydroxylation is 2. The third-order valence-electron chi connectivity index (χ3n) is 12.1. The molecule has 0 saturated heterocycles. The molecule has 0 saturated carbocycles. The van der Waals surface area contributed by atoms with Crippen LogP contribution in [0.25, 0.3) is 11.0 Å². The summed E-state index contributed by atoms with van der Waals surface area (Å²) in [5.41, 5.74) is 5.65. The van der Waals surface area contributed by atoms with Gasteiger partial charge in [0.05, 0.1) is 74.7 Å². The Hall–Kier alpha value is -7.08. The van der Waals surface area contributed by atoms with E-state index in [1.807, 2.05) is 89.4 Å². The Balaban J connectivity index is 0.00000102. The zero-order chi connectivity index (χ0) is 61.0. The smallest absolute Gasteiger partial charge is 0.308 e. The second-order valence-electron chi connectivity index (χ2n) is 21.5. The topological polar surface area (TPSA) is 314 Å². The molecule has 80 heavy (non-hydrogen) atoms. The molecular weight excluding hydrogens is 1060 g/mol. The van der Waals surface area contributed by atoms with Crippen LogP contribution in [-0.4, -0.2) is 102 Å². The molecule has 0 radical (unpaired) electrons. The van der Waals surface area contributed by atoms with Crippen LogP contribution >= 0.6 is 12.4 Å². The number of carbonyl (C=O) groups excluding carboxylic acids is 1. The number of nitrogens with zero attached hydrogens (tertiary/aromatic N) is 6. The SMILES string of the molecule is CC(C)C(C)(C)O.COC(=O)C(C)C.C[C@@H](N)C(C)(C)O.Cc1ccc(Oc2ccc([N+](=O)[O-])c(N[C@H](C)C(C)(C)O)c2)nc1.Cc1ccc(Oc2ccc3ncn([C@H](C)C(C)(C)O)c3c2)nc1.Cl.O=[N+]([O-])c1ccc(O)cc1F. The summed E-state index contributed by atoms with van der Waals surface area (Å²) in [4.78, 5) is 43.0. The lowest BCUT2D eigenvalue weighted by Gasteiger charge is -2.27. The van der Waals surface area contributed by atoms with Crippen LogP contribution in [0.4, 0.5) is 21.5 Å². The minimum Gasteiger partial charge on any atom is -0.508 e. The number of hydrogen-bond acceptors (Lipinski definition) is 18. The number of ether oxygens (including phenoxy) is 3. The maximum absolute atomic E-state index is 12.5. The number of carbonyl (C=O) groups is 1. The summed E-state index contributed by atoms with van der Waals surface area (Å²) >= 11 is 0. The van der Waals surface area contributed by atoms with Gasteiger partial charge in [-0.05, 0) is 131 Å². The highest BCUT2D eigenvalue weighted by Gasteiger charge is 2.27. The Morgan fingerprint density at radius 3 is 1.48 bits per heavy atom. The van der Waals surface area contributed by atoms with Crippen molar-refractivity contribution in [1.82, 2.24) is 19.5 Å². The van der Waals surface area contributed by atoms with Crippen LogP contribution in [0.15, 0.2) is 97.6 Å². The van der Waals surface area contributed by atoms with Gasteiger partial charge in [-0.15, -0.1) is 12.4 Å². The Morgan fingerprint density at radius 2 is 1.12 bits per heavy atom. The second kappa shape index (κ2) is 32.2. The Labute approximate surface area is 475 Å². The predicted octanol–water partition coefficient (Wildman–Crippen LogP) is 11.7. The molecule has 3 aromatic heterocycles. The van der Waals surface area contributed by atoms with Crippen molar-refractivity contribution in [3.8, 4) is 29.0 Å². The monoisotopic (exact) mass is 1140 g/mol. The average Bonchev–Trinajstić information content (AvgIpc) is 3.75. The molecule has 0 amide bonds. The van der Waals surface area contributed by atoms with E-state index in [2.05, 4.69) is 25.0 Å². The fraction of sp³-hybridized carbons (Fsp3) is 0.474. The zero-order valence-corrected chi connectivity index (χ0v) is 50.0. The predicted molar refractivity (Wildman–Crippen MR) is 311 cm³/mol. The Bertz CT molecular complexity index is 2820. The number of anilines is 1. The highest BCUT2D eigenvalue weighted by Crippen LogP contribution is 2.33. The number of benzene rings is 3. The fourth-order valence-corrected chi connectivity index (χ4v) is 5.13. The number of phenolic OH excluding ortho intramolecular Hbond substituents is 1. The van der Waals surface area contributed by atoms with Gasteiger partial charge in [-0.3, -0.25) is 25.0 Å². The maximum Gasteiger partial charge on any atom is 0.308 e. The summed E-state index contributed by atoms with van der Waals surface area (Å²) < 4.78 is 30.3. The van der Waals surface area contributed by atoms with Gasteiger partial charge in [0.15, 0.2) is 0 Å². The molecule has 6 aromatic rings. The molecule has 21 nitrogen and oxygen atoms in total. The molecule has 0 spiro atoms. The number of methoxy groups -OCH3 is 1. The van der Waals surface area contributed by atoms with Crippen LogP contribution in [0.2, 0.25) is 0 Å². The molecule has 0 aliphatic carbocycles. The average molecular weight is 1140 g/mol. The molecule has 444 valence electrons. The van der Waals surface area contributed by atoms with Crippen molar-refractivity contribution in [2.45, 2.75) is 158 Å². The first-order valence-electron chi connectivity index (χ1n) is 25.3. The summed E-state index contributed by atoms with van der Waals surface area (Å²) in [7, 11) is 1.39. The molecule has 0 aliphatic heterocycles. The number of nitro groups is 2. The van der Waals surface area contributed by atoms with E-state index in [1.165, 1.54) is 25.3 Å². The second-order valence-corrected chi connectivity index (χ2v) is 21.5. The molecule has 0 fully saturated rings. The molecule has 3 heterocycles. The zero-order valence-electron chi connectivity index (χ0n) is 49.2. The summed E-state index contributed by atoms with van der Waals surface area (Å²) in [6.07, 6.45) is 5.20. The van der Waals surface area contributed by atoms with Gasteiger partial charge < -0.3 is 55.4 Å². The minimum absolute atomic E-state index is 0. The van der Waals surface area contributed by atoms with E-state index in [0.29, 0.717) is 35.2 Å². The van der Waals surface area contributed by atoms with Gasteiger partial charge in [0.1, 0.15) is 22.9 Å². The van der Waals surface area contributed by atoms with Crippen LogP contribution in [0.5, 0.6) is 29.0 Å². The normalized spacial score (nSPS) is 12.3. The van der Waals surface area contributed by atoms with Gasteiger partial charge in [-0.2, -0.15) is 4.39 Å². The number of nitrogens with two attached hydrogens (primary N) is 1. The highest BCUT2D eigenvalue weighted by atomic mass is 35.5. The summed E-state index contributed by atoms with van der Waals surface area (Å²) in [5, 5.41) is 71.2. The largest absolute Gasteiger partial charge is 0.508 e. The van der Waals surface area contributed by atoms with Crippen LogP contribution in [0.1, 0.15) is 121 Å². The number of aromatic hydroxyl groups is 1. The molecule has 3 aromatic carbocycles. The highest BCUT2D eigenvalue weighted by molar-refractivity contribution is 5.85. The quantitative estimate of drug-likeness (QED) is 0.0303. The standard InChI is InChI=1S/C18H21N3O2.C17H21N3O4.C6H4FNO3.C6H14O.C5H13NO.C5H10O2.ClH/c1-12-5-8-17(19-10-12)23-14-6-7-15-16(9-14)21(11-20-15)13(2)18(3,4)22;1-11-5-8-16(18-10-11)24-13-6-7-15(20(22)23)14(9-13)19-12(2)17(3,4)21;7-5-3-4(9)1-2-6(5)8(10)11;1-5(2)6(3,4)7;1-4(6)5(2,3)7;1-4(2)5(6)7-3;/h5-11,13,22H,1-4H3;5-10,12,19,21H,1-4H3;1-3,9H;5,7H,1-4H3;4,7H,6H2,1-3H3;4H,1-3H3;1H/t13-;12-;;;4-;;/m11..1../s1. The Kier molecular flexibility index (Phi) is 29.4. The minimum atomic E-state index is -1.04. The molecule has 0 bridgehead atoms. The van der Waals surface area contributed by atoms with Gasteiger partial charge in [-0.25, -0.2) is 15.0 Å². The first-order valence-corrected chi connectivity index (χ1v) is 25.3. The van der Waals surface area contributed by atoms with Crippen LogP contribution in [0.3, 0.4) is 0 Å². The molecule has 6 rings (SSSR count). The van der Waals surface area contributed by atoms with Crippen molar-refractivity contribution in [1.29, 1.82) is 0 Å². The number of phenols is 1. The number of imidazole rings is 1. The van der Waals surface area contributed by atoms with Crippen molar-refractivity contribution in [2.24, 2.45) is 17.6 Å². The van der Waals surface area contributed by atoms with Crippen molar-refractivity contribution in [2.75, 3.05) is 12.4 Å². The summed E-state index contributed by atoms with van der Waals surface area (Å²) in [5.74, 6) is 0.911. The first kappa shape index (κ1) is 72.9. The lowest BCUT2D eigenvalue weighted by Crippen LogP contribution is -2.40. The van der Waals surface area contributed by atoms with E-state index in [9.17, 15) is 39.6 Å². The van der Waals surface area contributed by atoms with Gasteiger partial charge in [0.2, 0.25) is 17.6 Å². The number of nitrogens with one attached hydrogen (secondary N) is 1. The molecule has 3 atom stereocenters. The maximum atomic E-state index is 12.5. The van der Waals surface area contributed by atoms with Crippen LogP contribution < -0.4 is 20.5 Å². The van der Waals surface area contributed by atoms with E-state index < -0.39 is 49.8 Å². The lowest BCUT2D eigenvalue weighted by atomic mass is 9.95. The molecular formula is C57H84ClFN8O13. The van der Waals surface area contributed by atoms with E-state index in [4.69, 9.17) is 30.5 Å². The number of fused-ring (bicyclic) bond motifs is 1. The number of esters is 1. The fourth-order valence-electron chi connectivity index (χ4n) is 5.13. The number of halogens is 2. The van der Waals surface area contributed by atoms with Gasteiger partial charge in [0.25, 0.3) is 5.69 Å². The van der Waals surface area contributed by atoms with Gasteiger partial charge in [-0.1, -0.05) is 39.8 Å². The number of hydrogen-bond donors (Lipinski definition) is 7. The van der Waals surface area contributed by atoms with E-state index in [1.54, 1.807) is 94.0 Å². The van der Waals surface area contributed by atoms with Crippen molar-refractivity contribution in [3.05, 3.63) is 135 Å². The number of nitro benzene ring substituents is 2. The third kappa shape index (κ3) is 26.3. The van der Waals surface area contributed by atoms with Gasteiger partial charge in [0, 0.05) is 60.9 Å². The van der Waals surface area contributed by atoms with Gasteiger partial charge >= 0.3 is 11.7 Å². The summed E-state index contributed by atoms with van der Waals surface area (Å²) in [6.45, 7) is 30.9. The number of pyridine rings is 2. The first-order chi connectivity index (χ1) is 36.2. The van der Waals surface area contributed by atoms with Crippen LogP contribution in [0, 0.1) is 51.7 Å². The summed E-state index contributed by atoms with van der Waals surface area (Å²) in [6, 6.07) is 19.5. The molecule has 23 heteroatoms.